The van der Waals surface area contributed by atoms with Crippen molar-refractivity contribution in [3.05, 3.63) is 11.6 Å². The summed E-state index contributed by atoms with van der Waals surface area (Å²) in [6.45, 7) is 5.64. The summed E-state index contributed by atoms with van der Waals surface area (Å²) in [7, 11) is 1.25. The fourth-order valence-electron chi connectivity index (χ4n) is 1.00. The van der Waals surface area contributed by atoms with Gasteiger partial charge < -0.3 is 10.1 Å². The number of ether oxygens (including phenoxy) is 1. The van der Waals surface area contributed by atoms with E-state index >= 15 is 0 Å². The third kappa shape index (κ3) is 3.54. The van der Waals surface area contributed by atoms with Crippen LogP contribution < -0.4 is 5.32 Å². The van der Waals surface area contributed by atoms with E-state index < -0.39 is 11.9 Å². The molecule has 7 heteroatoms. The van der Waals surface area contributed by atoms with E-state index in [1.54, 1.807) is 0 Å². The van der Waals surface area contributed by atoms with Crippen LogP contribution in [0.1, 0.15) is 37.2 Å². The summed E-state index contributed by atoms with van der Waals surface area (Å²) in [5.74, 6) is -0.411. The van der Waals surface area contributed by atoms with Gasteiger partial charge in [-0.15, -0.1) is 5.10 Å². The first kappa shape index (κ1) is 13.1. The second-order valence-electron chi connectivity index (χ2n) is 4.52. The highest BCUT2D eigenvalue weighted by Crippen LogP contribution is 2.17. The molecule has 1 aromatic rings. The smallest absolute Gasteiger partial charge is 0.325 e. The Morgan fingerprint density at radius 2 is 2.06 bits per heavy atom. The lowest BCUT2D eigenvalue weighted by atomic mass is 9.96. The molecule has 17 heavy (non-hydrogen) atoms. The summed E-state index contributed by atoms with van der Waals surface area (Å²) >= 11 is 0. The third-order valence-electron chi connectivity index (χ3n) is 2.02. The van der Waals surface area contributed by atoms with E-state index in [1.807, 2.05) is 20.8 Å². The standard InChI is InChI=1S/C10H16N4O3/c1-10(2,3)9-12-7(13-14-9)8(16)11-5-6(15)17-4/h5H2,1-4H3,(H,11,16)(H,12,13,14). The number of amides is 1. The second-order valence-corrected chi connectivity index (χ2v) is 4.52. The van der Waals surface area contributed by atoms with E-state index in [9.17, 15) is 9.59 Å². The van der Waals surface area contributed by atoms with Gasteiger partial charge in [-0.05, 0) is 0 Å². The fraction of sp³-hybridized carbons (Fsp3) is 0.600. The molecule has 1 heterocycles. The van der Waals surface area contributed by atoms with Gasteiger partial charge in [0.25, 0.3) is 5.91 Å². The van der Waals surface area contributed by atoms with E-state index in [4.69, 9.17) is 0 Å². The van der Waals surface area contributed by atoms with Crippen molar-refractivity contribution < 1.29 is 14.3 Å². The fourth-order valence-corrected chi connectivity index (χ4v) is 1.00. The summed E-state index contributed by atoms with van der Waals surface area (Å²) in [5, 5.41) is 8.83. The molecule has 7 nitrogen and oxygen atoms in total. The van der Waals surface area contributed by atoms with Crippen molar-refractivity contribution in [1.29, 1.82) is 0 Å². The molecule has 1 rings (SSSR count). The maximum atomic E-state index is 11.5. The molecule has 2 N–H and O–H groups in total. The number of esters is 1. The van der Waals surface area contributed by atoms with E-state index in [2.05, 4.69) is 25.2 Å². The van der Waals surface area contributed by atoms with Gasteiger partial charge in [0.05, 0.1) is 7.11 Å². The van der Waals surface area contributed by atoms with Gasteiger partial charge in [-0.3, -0.25) is 14.7 Å². The molecular weight excluding hydrogens is 224 g/mol. The first-order valence-electron chi connectivity index (χ1n) is 5.12. The van der Waals surface area contributed by atoms with Crippen molar-refractivity contribution >= 4 is 11.9 Å². The normalized spacial score (nSPS) is 11.1. The molecule has 0 aliphatic carbocycles. The highest BCUT2D eigenvalue weighted by atomic mass is 16.5. The van der Waals surface area contributed by atoms with Gasteiger partial charge >= 0.3 is 5.97 Å². The monoisotopic (exact) mass is 240 g/mol. The highest BCUT2D eigenvalue weighted by molar-refractivity contribution is 5.92. The minimum absolute atomic E-state index is 0.0128. The lowest BCUT2D eigenvalue weighted by Gasteiger charge is -2.12. The van der Waals surface area contributed by atoms with Crippen LogP contribution in [0.3, 0.4) is 0 Å². The summed E-state index contributed by atoms with van der Waals surface area (Å²) in [6, 6.07) is 0. The zero-order valence-corrected chi connectivity index (χ0v) is 10.3. The van der Waals surface area contributed by atoms with Gasteiger partial charge in [0, 0.05) is 5.41 Å². The number of rotatable bonds is 3. The molecule has 0 aliphatic heterocycles. The Hall–Kier alpha value is -1.92. The molecule has 0 aliphatic rings. The maximum Gasteiger partial charge on any atom is 0.325 e. The number of hydrogen-bond acceptors (Lipinski definition) is 5. The molecule has 1 aromatic heterocycles. The molecule has 0 atom stereocenters. The van der Waals surface area contributed by atoms with Gasteiger partial charge in [0.1, 0.15) is 12.4 Å². The number of aromatic amines is 1. The number of hydrogen-bond donors (Lipinski definition) is 2. The molecule has 0 saturated carbocycles. The average Bonchev–Trinajstić information content (AvgIpc) is 2.74. The molecule has 1 amide bonds. The summed E-state index contributed by atoms with van der Waals surface area (Å²) in [4.78, 5) is 26.4. The molecule has 0 aromatic carbocycles. The Balaban J connectivity index is 2.65. The first-order valence-corrected chi connectivity index (χ1v) is 5.12. The van der Waals surface area contributed by atoms with Crippen molar-refractivity contribution in [2.45, 2.75) is 26.2 Å². The van der Waals surface area contributed by atoms with Crippen LogP contribution in [0.15, 0.2) is 0 Å². The SMILES string of the molecule is COC(=O)CNC(=O)c1n[nH]c(C(C)(C)C)n1. The van der Waals surface area contributed by atoms with Crippen LogP contribution >= 0.6 is 0 Å². The highest BCUT2D eigenvalue weighted by Gasteiger charge is 2.21. The van der Waals surface area contributed by atoms with Crippen molar-refractivity contribution in [2.75, 3.05) is 13.7 Å². The van der Waals surface area contributed by atoms with Gasteiger partial charge in [-0.25, -0.2) is 4.98 Å². The number of nitrogens with one attached hydrogen (secondary N) is 2. The summed E-state index contributed by atoms with van der Waals surface area (Å²) in [5.41, 5.74) is -0.214. The minimum atomic E-state index is -0.523. The number of aromatic nitrogens is 3. The number of carbonyl (C=O) groups is 2. The van der Waals surface area contributed by atoms with Crippen LogP contribution in [0.5, 0.6) is 0 Å². The first-order chi connectivity index (χ1) is 7.84. The van der Waals surface area contributed by atoms with E-state index in [-0.39, 0.29) is 17.8 Å². The maximum absolute atomic E-state index is 11.5. The Morgan fingerprint density at radius 1 is 1.41 bits per heavy atom. The zero-order chi connectivity index (χ0) is 13.1. The van der Waals surface area contributed by atoms with Crippen LogP contribution in [0.25, 0.3) is 0 Å². The van der Waals surface area contributed by atoms with Crippen molar-refractivity contribution in [1.82, 2.24) is 20.5 Å². The van der Waals surface area contributed by atoms with Crippen LogP contribution in [0.2, 0.25) is 0 Å². The van der Waals surface area contributed by atoms with Crippen LogP contribution in [-0.4, -0.2) is 40.7 Å². The lowest BCUT2D eigenvalue weighted by Crippen LogP contribution is -2.31. The molecule has 94 valence electrons. The number of nitrogens with zero attached hydrogens (tertiary/aromatic N) is 2. The molecule has 0 saturated heterocycles. The Bertz CT molecular complexity index is 419. The van der Waals surface area contributed by atoms with Crippen molar-refractivity contribution in [3.63, 3.8) is 0 Å². The quantitative estimate of drug-likeness (QED) is 0.725. The van der Waals surface area contributed by atoms with Crippen molar-refractivity contribution in [2.24, 2.45) is 0 Å². The van der Waals surface area contributed by atoms with Crippen LogP contribution in [-0.2, 0) is 14.9 Å². The van der Waals surface area contributed by atoms with Gasteiger partial charge in [0.2, 0.25) is 5.82 Å². The van der Waals surface area contributed by atoms with Crippen LogP contribution in [0, 0.1) is 0 Å². The molecule has 0 fully saturated rings. The van der Waals surface area contributed by atoms with Gasteiger partial charge in [0.15, 0.2) is 0 Å². The summed E-state index contributed by atoms with van der Waals surface area (Å²) < 4.78 is 4.39. The Morgan fingerprint density at radius 3 is 2.53 bits per heavy atom. The predicted octanol–water partition coefficient (Wildman–Crippen LogP) is 0.00500. The second kappa shape index (κ2) is 4.94. The topological polar surface area (TPSA) is 97.0 Å². The Kier molecular flexibility index (Phi) is 3.82. The van der Waals surface area contributed by atoms with Crippen molar-refractivity contribution in [3.8, 4) is 0 Å². The van der Waals surface area contributed by atoms with E-state index in [1.165, 1.54) is 7.11 Å². The number of carbonyl (C=O) groups excluding carboxylic acids is 2. The lowest BCUT2D eigenvalue weighted by molar-refractivity contribution is -0.139. The average molecular weight is 240 g/mol. The predicted molar refractivity (Wildman–Crippen MR) is 59.4 cm³/mol. The molecule has 0 radical (unpaired) electrons. The largest absolute Gasteiger partial charge is 0.468 e. The third-order valence-corrected chi connectivity index (χ3v) is 2.02. The zero-order valence-electron chi connectivity index (χ0n) is 10.3. The summed E-state index contributed by atoms with van der Waals surface area (Å²) in [6.07, 6.45) is 0. The number of H-pyrrole nitrogens is 1. The Labute approximate surface area is 99.0 Å². The van der Waals surface area contributed by atoms with Gasteiger partial charge in [-0.2, -0.15) is 0 Å². The minimum Gasteiger partial charge on any atom is -0.468 e. The molecule has 0 spiro atoms. The van der Waals surface area contributed by atoms with Crippen LogP contribution in [0.4, 0.5) is 0 Å². The molecule has 0 unspecified atom stereocenters. The molecule has 0 bridgehead atoms. The van der Waals surface area contributed by atoms with E-state index in [0.29, 0.717) is 5.82 Å². The number of methoxy groups -OCH3 is 1. The molecular formula is C10H16N4O3. The van der Waals surface area contributed by atoms with Gasteiger partial charge in [-0.1, -0.05) is 20.8 Å². The van der Waals surface area contributed by atoms with E-state index in [0.717, 1.165) is 0 Å².